The lowest BCUT2D eigenvalue weighted by Gasteiger charge is -2.52. The van der Waals surface area contributed by atoms with Crippen LogP contribution < -0.4 is 4.90 Å². The Kier molecular flexibility index (Phi) is 3.85. The van der Waals surface area contributed by atoms with E-state index in [1.54, 1.807) is 18.3 Å². The second-order valence-electron chi connectivity index (χ2n) is 5.57. The molecule has 1 aliphatic heterocycles. The second kappa shape index (κ2) is 5.12. The number of hydrogen-bond acceptors (Lipinski definition) is 4. The van der Waals surface area contributed by atoms with E-state index in [1.165, 1.54) is 0 Å². The third-order valence-corrected chi connectivity index (χ3v) is 5.31. The molecule has 19 heavy (non-hydrogen) atoms. The molecule has 0 saturated carbocycles. The molecule has 0 bridgehead atoms. The Bertz CT molecular complexity index is 457. The second-order valence-corrected chi connectivity index (χ2v) is 6.40. The Labute approximate surface area is 119 Å². The number of amides is 1. The number of thiazole rings is 1. The summed E-state index contributed by atoms with van der Waals surface area (Å²) in [4.78, 5) is 20.8. The summed E-state index contributed by atoms with van der Waals surface area (Å²) < 4.78 is 0. The summed E-state index contributed by atoms with van der Waals surface area (Å²) in [5, 5.41) is 3.15. The van der Waals surface area contributed by atoms with Gasteiger partial charge in [-0.1, -0.05) is 0 Å². The van der Waals surface area contributed by atoms with Crippen molar-refractivity contribution in [3.05, 3.63) is 11.1 Å². The van der Waals surface area contributed by atoms with Crippen LogP contribution in [0, 0.1) is 6.92 Å². The first-order valence-corrected chi connectivity index (χ1v) is 7.72. The highest BCUT2D eigenvalue weighted by Gasteiger charge is 2.42. The van der Waals surface area contributed by atoms with Crippen LogP contribution in [-0.2, 0) is 4.79 Å². The molecule has 1 saturated heterocycles. The van der Waals surface area contributed by atoms with Crippen molar-refractivity contribution in [2.24, 2.45) is 0 Å². The van der Waals surface area contributed by atoms with Gasteiger partial charge in [0.15, 0.2) is 5.13 Å². The molecule has 4 nitrogen and oxygen atoms in total. The Balaban J connectivity index is 2.34. The molecule has 1 aliphatic rings. The minimum Gasteiger partial charge on any atom is -0.339 e. The summed E-state index contributed by atoms with van der Waals surface area (Å²) in [5.74, 6) is 0.161. The van der Waals surface area contributed by atoms with Gasteiger partial charge in [-0.3, -0.25) is 4.79 Å². The Morgan fingerprint density at radius 2 is 1.68 bits per heavy atom. The highest BCUT2D eigenvalue weighted by molar-refractivity contribution is 7.13. The lowest BCUT2D eigenvalue weighted by atomic mass is 9.95. The Hall–Kier alpha value is -1.10. The van der Waals surface area contributed by atoms with Crippen LogP contribution in [0.1, 0.15) is 40.3 Å². The van der Waals surface area contributed by atoms with Crippen molar-refractivity contribution in [1.29, 1.82) is 0 Å². The van der Waals surface area contributed by atoms with Crippen LogP contribution in [0.3, 0.4) is 0 Å². The van der Waals surface area contributed by atoms with Crippen LogP contribution in [0.25, 0.3) is 0 Å². The maximum Gasteiger partial charge on any atom is 0.220 e. The van der Waals surface area contributed by atoms with Crippen molar-refractivity contribution >= 4 is 22.4 Å². The molecule has 4 atom stereocenters. The normalized spacial score (nSPS) is 31.7. The first kappa shape index (κ1) is 14.3. The van der Waals surface area contributed by atoms with E-state index in [0.29, 0.717) is 0 Å². The van der Waals surface area contributed by atoms with Gasteiger partial charge in [-0.15, -0.1) is 11.3 Å². The van der Waals surface area contributed by atoms with E-state index < -0.39 is 0 Å². The highest BCUT2D eigenvalue weighted by Crippen LogP contribution is 2.33. The summed E-state index contributed by atoms with van der Waals surface area (Å²) in [5.41, 5.74) is 1.06. The van der Waals surface area contributed by atoms with Crippen molar-refractivity contribution in [2.45, 2.75) is 65.7 Å². The smallest absolute Gasteiger partial charge is 0.220 e. The monoisotopic (exact) mass is 281 g/mol. The van der Waals surface area contributed by atoms with Gasteiger partial charge >= 0.3 is 0 Å². The van der Waals surface area contributed by atoms with Gasteiger partial charge in [0.05, 0.1) is 5.69 Å². The fourth-order valence-electron chi connectivity index (χ4n) is 3.05. The zero-order chi connectivity index (χ0) is 14.3. The average molecular weight is 281 g/mol. The number of piperazine rings is 1. The zero-order valence-corrected chi connectivity index (χ0v) is 13.4. The van der Waals surface area contributed by atoms with E-state index >= 15 is 0 Å². The lowest BCUT2D eigenvalue weighted by Crippen LogP contribution is -2.66. The summed E-state index contributed by atoms with van der Waals surface area (Å²) >= 11 is 1.69. The largest absolute Gasteiger partial charge is 0.339 e. The summed E-state index contributed by atoms with van der Waals surface area (Å²) in [7, 11) is 0. The molecule has 1 fully saturated rings. The van der Waals surface area contributed by atoms with Gasteiger partial charge in [0.1, 0.15) is 0 Å². The van der Waals surface area contributed by atoms with Crippen LogP contribution in [-0.4, -0.2) is 40.0 Å². The quantitative estimate of drug-likeness (QED) is 0.794. The molecule has 0 spiro atoms. The van der Waals surface area contributed by atoms with Gasteiger partial charge in [0.25, 0.3) is 0 Å². The van der Waals surface area contributed by atoms with E-state index in [-0.39, 0.29) is 30.1 Å². The van der Waals surface area contributed by atoms with Crippen LogP contribution in [0.15, 0.2) is 5.38 Å². The van der Waals surface area contributed by atoms with Crippen LogP contribution >= 0.6 is 11.3 Å². The third-order valence-electron chi connectivity index (χ3n) is 4.34. The number of carbonyl (C=O) groups excluding carboxylic acids is 1. The predicted octanol–water partition coefficient (Wildman–Crippen LogP) is 2.67. The van der Waals surface area contributed by atoms with E-state index in [2.05, 4.69) is 43.0 Å². The Morgan fingerprint density at radius 3 is 2.05 bits per heavy atom. The van der Waals surface area contributed by atoms with Crippen LogP contribution in [0.5, 0.6) is 0 Å². The van der Waals surface area contributed by atoms with Gasteiger partial charge in [-0.25, -0.2) is 4.98 Å². The summed E-state index contributed by atoms with van der Waals surface area (Å²) in [6.07, 6.45) is 0. The highest BCUT2D eigenvalue weighted by atomic mass is 32.1. The molecule has 2 heterocycles. The number of aromatic nitrogens is 1. The molecule has 4 unspecified atom stereocenters. The number of carbonyl (C=O) groups is 1. The summed E-state index contributed by atoms with van der Waals surface area (Å²) in [6, 6.07) is 0.960. The number of aryl methyl sites for hydroxylation is 1. The number of nitrogens with zero attached hydrogens (tertiary/aromatic N) is 3. The molecule has 1 amide bonds. The first-order valence-electron chi connectivity index (χ1n) is 6.84. The van der Waals surface area contributed by atoms with E-state index in [4.69, 9.17) is 0 Å². The fraction of sp³-hybridized carbons (Fsp3) is 0.714. The molecule has 0 radical (unpaired) electrons. The molecule has 0 N–H and O–H groups in total. The van der Waals surface area contributed by atoms with Gasteiger partial charge in [-0.2, -0.15) is 0 Å². The molecule has 0 aliphatic carbocycles. The lowest BCUT2D eigenvalue weighted by molar-refractivity contribution is -0.135. The van der Waals surface area contributed by atoms with E-state index in [9.17, 15) is 4.79 Å². The van der Waals surface area contributed by atoms with Crippen molar-refractivity contribution in [2.75, 3.05) is 4.90 Å². The van der Waals surface area contributed by atoms with Gasteiger partial charge in [0.2, 0.25) is 5.91 Å². The zero-order valence-electron chi connectivity index (χ0n) is 12.5. The van der Waals surface area contributed by atoms with Gasteiger partial charge in [-0.05, 0) is 34.6 Å². The van der Waals surface area contributed by atoms with Crippen molar-refractivity contribution in [3.63, 3.8) is 0 Å². The maximum absolute atomic E-state index is 11.9. The number of hydrogen-bond donors (Lipinski definition) is 0. The SMILES string of the molecule is CC(=O)N1C(C)C(C)N(c2nc(C)cs2)C(C)C1C. The van der Waals surface area contributed by atoms with Crippen molar-refractivity contribution in [3.8, 4) is 0 Å². The first-order chi connectivity index (χ1) is 8.84. The molecular formula is C14H23N3OS. The summed E-state index contributed by atoms with van der Waals surface area (Å²) in [6.45, 7) is 12.3. The minimum absolute atomic E-state index is 0.161. The number of rotatable bonds is 1. The molecular weight excluding hydrogens is 258 g/mol. The van der Waals surface area contributed by atoms with Crippen LogP contribution in [0.4, 0.5) is 5.13 Å². The van der Waals surface area contributed by atoms with Gasteiger partial charge in [0, 0.05) is 36.5 Å². The fourth-order valence-corrected chi connectivity index (χ4v) is 4.03. The molecule has 0 aromatic carbocycles. The van der Waals surface area contributed by atoms with E-state index in [0.717, 1.165) is 10.8 Å². The van der Waals surface area contributed by atoms with Crippen molar-refractivity contribution in [1.82, 2.24) is 9.88 Å². The van der Waals surface area contributed by atoms with E-state index in [1.807, 2.05) is 11.8 Å². The molecule has 1 aromatic heterocycles. The molecule has 1 aromatic rings. The maximum atomic E-state index is 11.9. The number of anilines is 1. The molecule has 106 valence electrons. The Morgan fingerprint density at radius 1 is 1.16 bits per heavy atom. The molecule has 5 heteroatoms. The minimum atomic E-state index is 0.161. The van der Waals surface area contributed by atoms with Crippen molar-refractivity contribution < 1.29 is 4.79 Å². The average Bonchev–Trinajstić information content (AvgIpc) is 2.73. The predicted molar refractivity (Wildman–Crippen MR) is 79.7 cm³/mol. The van der Waals surface area contributed by atoms with Crippen LogP contribution in [0.2, 0.25) is 0 Å². The van der Waals surface area contributed by atoms with Gasteiger partial charge < -0.3 is 9.80 Å². The molecule has 2 rings (SSSR count). The topological polar surface area (TPSA) is 36.4 Å². The standard InChI is InChI=1S/C14H23N3OS/c1-8-7-19-14(15-8)17-11(4)9(2)16(13(6)18)10(3)12(17)5/h7,9-12H,1-6H3. The third kappa shape index (κ3) is 2.36.